The molecule has 1 N–H and O–H groups in total. The third kappa shape index (κ3) is 1.39. The summed E-state index contributed by atoms with van der Waals surface area (Å²) in [5.41, 5.74) is 0. The van der Waals surface area contributed by atoms with E-state index in [4.69, 9.17) is 4.42 Å². The largest absolute Gasteiger partial charge is 0.467 e. The van der Waals surface area contributed by atoms with Gasteiger partial charge in [-0.15, -0.1) is 0 Å². The maximum Gasteiger partial charge on any atom is 0.318 e. The van der Waals surface area contributed by atoms with Gasteiger partial charge in [0.15, 0.2) is 0 Å². The minimum Gasteiger partial charge on any atom is -0.467 e. The van der Waals surface area contributed by atoms with Gasteiger partial charge in [0.25, 0.3) is 0 Å². The van der Waals surface area contributed by atoms with Gasteiger partial charge in [-0.05, 0) is 19.1 Å². The zero-order valence-corrected chi connectivity index (χ0v) is 7.49. The van der Waals surface area contributed by atoms with E-state index in [2.05, 4.69) is 5.32 Å². The van der Waals surface area contributed by atoms with E-state index in [1.165, 1.54) is 0 Å². The molecule has 2 rings (SSSR count). The first kappa shape index (κ1) is 8.16. The number of hydrogen-bond acceptors (Lipinski definition) is 2. The Morgan fingerprint density at radius 2 is 2.54 bits per heavy atom. The summed E-state index contributed by atoms with van der Waals surface area (Å²) in [6.45, 7) is 3.44. The Labute approximate surface area is 76.5 Å². The molecule has 4 nitrogen and oxygen atoms in total. The minimum atomic E-state index is -0.0103. The summed E-state index contributed by atoms with van der Waals surface area (Å²) in [5.74, 6) is 0.831. The molecule has 1 unspecified atom stereocenters. The summed E-state index contributed by atoms with van der Waals surface area (Å²) in [6.07, 6.45) is 1.62. The molecule has 2 heterocycles. The van der Waals surface area contributed by atoms with Crippen molar-refractivity contribution in [1.82, 2.24) is 10.2 Å². The Kier molecular flexibility index (Phi) is 1.96. The second kappa shape index (κ2) is 3.12. The van der Waals surface area contributed by atoms with Crippen LogP contribution in [0.15, 0.2) is 22.8 Å². The topological polar surface area (TPSA) is 45.5 Å². The van der Waals surface area contributed by atoms with E-state index in [0.29, 0.717) is 0 Å². The summed E-state index contributed by atoms with van der Waals surface area (Å²) in [7, 11) is 0. The number of nitrogens with one attached hydrogen (secondary N) is 1. The van der Waals surface area contributed by atoms with Crippen LogP contribution in [0.5, 0.6) is 0 Å². The Balaban J connectivity index is 2.13. The van der Waals surface area contributed by atoms with Crippen molar-refractivity contribution in [1.29, 1.82) is 0 Å². The van der Waals surface area contributed by atoms with Gasteiger partial charge in [-0.1, -0.05) is 0 Å². The van der Waals surface area contributed by atoms with Crippen LogP contribution in [0.2, 0.25) is 0 Å². The van der Waals surface area contributed by atoms with E-state index >= 15 is 0 Å². The molecule has 70 valence electrons. The van der Waals surface area contributed by atoms with E-state index in [1.54, 1.807) is 11.2 Å². The van der Waals surface area contributed by atoms with Gasteiger partial charge in [0.2, 0.25) is 0 Å². The predicted octanol–water partition coefficient (Wildman–Crippen LogP) is 1.37. The zero-order valence-electron chi connectivity index (χ0n) is 7.49. The Morgan fingerprint density at radius 1 is 1.69 bits per heavy atom. The van der Waals surface area contributed by atoms with Crippen LogP contribution in [0.25, 0.3) is 0 Å². The molecule has 0 saturated carbocycles. The standard InChI is InChI=1S/C9H12N2O2/c1-7(8-3-2-6-13-8)11-5-4-10-9(11)12/h2-3,6-7H,4-5H2,1H3,(H,10,12). The van der Waals surface area contributed by atoms with Crippen LogP contribution in [0.3, 0.4) is 0 Å². The Hall–Kier alpha value is -1.45. The van der Waals surface area contributed by atoms with Gasteiger partial charge in [0.1, 0.15) is 5.76 Å². The minimum absolute atomic E-state index is 0.0103. The SMILES string of the molecule is CC(c1ccco1)N1CCNC1=O. The second-order valence-corrected chi connectivity index (χ2v) is 3.12. The van der Waals surface area contributed by atoms with E-state index in [1.807, 2.05) is 19.1 Å². The normalized spacial score (nSPS) is 18.8. The van der Waals surface area contributed by atoms with Crippen LogP contribution in [0.1, 0.15) is 18.7 Å². The molecular weight excluding hydrogens is 168 g/mol. The van der Waals surface area contributed by atoms with Crippen molar-refractivity contribution in [3.05, 3.63) is 24.2 Å². The van der Waals surface area contributed by atoms with Crippen LogP contribution in [-0.2, 0) is 0 Å². The number of amides is 2. The lowest BCUT2D eigenvalue weighted by molar-refractivity contribution is 0.195. The number of carbonyl (C=O) groups excluding carboxylic acids is 1. The maximum atomic E-state index is 11.3. The molecule has 2 amide bonds. The van der Waals surface area contributed by atoms with E-state index < -0.39 is 0 Å². The predicted molar refractivity (Wildman–Crippen MR) is 47.2 cm³/mol. The quantitative estimate of drug-likeness (QED) is 0.747. The molecule has 1 fully saturated rings. The summed E-state index contributed by atoms with van der Waals surface area (Å²) in [4.78, 5) is 13.0. The van der Waals surface area contributed by atoms with Gasteiger partial charge in [0, 0.05) is 13.1 Å². The lowest BCUT2D eigenvalue weighted by atomic mass is 10.2. The van der Waals surface area contributed by atoms with Crippen molar-refractivity contribution in [2.75, 3.05) is 13.1 Å². The third-order valence-corrected chi connectivity index (χ3v) is 2.31. The van der Waals surface area contributed by atoms with Crippen LogP contribution >= 0.6 is 0 Å². The lowest BCUT2D eigenvalue weighted by Crippen LogP contribution is -2.30. The molecule has 13 heavy (non-hydrogen) atoms. The van der Waals surface area contributed by atoms with Gasteiger partial charge in [-0.25, -0.2) is 4.79 Å². The number of carbonyl (C=O) groups is 1. The molecule has 0 spiro atoms. The highest BCUT2D eigenvalue weighted by molar-refractivity contribution is 5.76. The van der Waals surface area contributed by atoms with Gasteiger partial charge in [0.05, 0.1) is 12.3 Å². The molecule has 1 atom stereocenters. The van der Waals surface area contributed by atoms with Crippen LogP contribution in [0.4, 0.5) is 4.79 Å². The maximum absolute atomic E-state index is 11.3. The summed E-state index contributed by atoms with van der Waals surface area (Å²) in [6, 6.07) is 3.73. The first-order valence-corrected chi connectivity index (χ1v) is 4.37. The van der Waals surface area contributed by atoms with Gasteiger partial charge >= 0.3 is 6.03 Å². The van der Waals surface area contributed by atoms with Crippen molar-refractivity contribution >= 4 is 6.03 Å². The molecule has 1 aromatic rings. The molecular formula is C9H12N2O2. The molecule has 1 aromatic heterocycles. The summed E-state index contributed by atoms with van der Waals surface area (Å²) in [5, 5.41) is 2.76. The first-order chi connectivity index (χ1) is 6.29. The Morgan fingerprint density at radius 3 is 3.08 bits per heavy atom. The molecule has 0 radical (unpaired) electrons. The molecule has 0 aliphatic carbocycles. The number of rotatable bonds is 2. The van der Waals surface area contributed by atoms with Crippen molar-refractivity contribution in [3.63, 3.8) is 0 Å². The van der Waals surface area contributed by atoms with Gasteiger partial charge in [-0.2, -0.15) is 0 Å². The molecule has 0 bridgehead atoms. The fourth-order valence-corrected chi connectivity index (χ4v) is 1.54. The highest BCUT2D eigenvalue weighted by atomic mass is 16.3. The summed E-state index contributed by atoms with van der Waals surface area (Å²) >= 11 is 0. The van der Waals surface area contributed by atoms with E-state index in [0.717, 1.165) is 18.8 Å². The number of nitrogens with zero attached hydrogens (tertiary/aromatic N) is 1. The highest BCUT2D eigenvalue weighted by Gasteiger charge is 2.26. The highest BCUT2D eigenvalue weighted by Crippen LogP contribution is 2.21. The van der Waals surface area contributed by atoms with E-state index in [-0.39, 0.29) is 12.1 Å². The fourth-order valence-electron chi connectivity index (χ4n) is 1.54. The number of furan rings is 1. The molecule has 1 aliphatic rings. The first-order valence-electron chi connectivity index (χ1n) is 4.37. The summed E-state index contributed by atoms with van der Waals surface area (Å²) < 4.78 is 5.23. The lowest BCUT2D eigenvalue weighted by Gasteiger charge is -2.20. The van der Waals surface area contributed by atoms with Crippen molar-refractivity contribution in [3.8, 4) is 0 Å². The second-order valence-electron chi connectivity index (χ2n) is 3.12. The van der Waals surface area contributed by atoms with Crippen molar-refractivity contribution < 1.29 is 9.21 Å². The number of hydrogen-bond donors (Lipinski definition) is 1. The smallest absolute Gasteiger partial charge is 0.318 e. The van der Waals surface area contributed by atoms with Crippen LogP contribution in [-0.4, -0.2) is 24.0 Å². The van der Waals surface area contributed by atoms with Crippen molar-refractivity contribution in [2.45, 2.75) is 13.0 Å². The molecule has 4 heteroatoms. The van der Waals surface area contributed by atoms with Crippen molar-refractivity contribution in [2.24, 2.45) is 0 Å². The molecule has 1 saturated heterocycles. The average molecular weight is 180 g/mol. The van der Waals surface area contributed by atoms with Gasteiger partial charge in [-0.3, -0.25) is 0 Å². The molecule has 1 aliphatic heterocycles. The third-order valence-electron chi connectivity index (χ3n) is 2.31. The van der Waals surface area contributed by atoms with Crippen LogP contribution < -0.4 is 5.32 Å². The average Bonchev–Trinajstić information content (AvgIpc) is 2.72. The number of urea groups is 1. The Bertz CT molecular complexity index is 295. The zero-order chi connectivity index (χ0) is 9.26. The van der Waals surface area contributed by atoms with E-state index in [9.17, 15) is 4.79 Å². The fraction of sp³-hybridized carbons (Fsp3) is 0.444. The monoisotopic (exact) mass is 180 g/mol. The molecule has 0 aromatic carbocycles. The van der Waals surface area contributed by atoms with Gasteiger partial charge < -0.3 is 14.6 Å². The van der Waals surface area contributed by atoms with Crippen LogP contribution in [0, 0.1) is 0 Å².